The fraction of sp³-hybridized carbons (Fsp3) is 0.500. The van der Waals surface area contributed by atoms with E-state index in [2.05, 4.69) is 10.6 Å². The number of esters is 1. The van der Waals surface area contributed by atoms with E-state index in [1.807, 2.05) is 0 Å². The number of sulfone groups is 1. The zero-order valence-corrected chi connectivity index (χ0v) is 14.7. The molecule has 0 saturated carbocycles. The van der Waals surface area contributed by atoms with Gasteiger partial charge >= 0.3 is 5.97 Å². The van der Waals surface area contributed by atoms with Gasteiger partial charge in [0.15, 0.2) is 16.4 Å². The highest BCUT2D eigenvalue weighted by atomic mass is 32.2. The molecule has 0 aliphatic carbocycles. The van der Waals surface area contributed by atoms with Crippen molar-refractivity contribution < 1.29 is 27.5 Å². The number of thiophene rings is 1. The molecular weight excluding hydrogens is 356 g/mol. The molecule has 0 bridgehead atoms. The Kier molecular flexibility index (Phi) is 5.60. The van der Waals surface area contributed by atoms with Crippen molar-refractivity contribution in [3.63, 3.8) is 0 Å². The van der Waals surface area contributed by atoms with Crippen molar-refractivity contribution in [3.8, 4) is 0 Å². The third-order valence-corrected chi connectivity index (χ3v) is 6.22. The molecular formula is C14H18N2O6S2. The SMILES string of the molecule is C[C@]1(NC(=O)COC(=O)CNC(=O)c2cccs2)CCS(=O)(=O)C1. The molecule has 8 nitrogen and oxygen atoms in total. The Morgan fingerprint density at radius 2 is 2.12 bits per heavy atom. The molecule has 1 aromatic heterocycles. The molecule has 1 aliphatic rings. The van der Waals surface area contributed by atoms with Crippen molar-refractivity contribution in [1.82, 2.24) is 10.6 Å². The van der Waals surface area contributed by atoms with E-state index in [0.717, 1.165) is 0 Å². The Hall–Kier alpha value is -1.94. The summed E-state index contributed by atoms with van der Waals surface area (Å²) in [5.74, 6) is -1.82. The molecule has 0 aromatic carbocycles. The summed E-state index contributed by atoms with van der Waals surface area (Å²) < 4.78 is 27.7. The summed E-state index contributed by atoms with van der Waals surface area (Å²) in [7, 11) is -3.14. The second-order valence-corrected chi connectivity index (χ2v) is 8.90. The minimum Gasteiger partial charge on any atom is -0.454 e. The van der Waals surface area contributed by atoms with Crippen LogP contribution in [0.4, 0.5) is 0 Å². The van der Waals surface area contributed by atoms with E-state index >= 15 is 0 Å². The first-order valence-electron chi connectivity index (χ1n) is 7.18. The minimum atomic E-state index is -3.14. The van der Waals surface area contributed by atoms with Gasteiger partial charge in [0.1, 0.15) is 6.54 Å². The van der Waals surface area contributed by atoms with Gasteiger partial charge in [-0.2, -0.15) is 0 Å². The molecule has 1 aromatic rings. The van der Waals surface area contributed by atoms with Gasteiger partial charge in [0.2, 0.25) is 0 Å². The highest BCUT2D eigenvalue weighted by molar-refractivity contribution is 7.91. The van der Waals surface area contributed by atoms with Crippen molar-refractivity contribution in [2.45, 2.75) is 18.9 Å². The molecule has 1 fully saturated rings. The van der Waals surface area contributed by atoms with E-state index in [1.165, 1.54) is 11.3 Å². The maximum absolute atomic E-state index is 11.8. The first-order chi connectivity index (χ1) is 11.2. The highest BCUT2D eigenvalue weighted by Crippen LogP contribution is 2.22. The molecule has 132 valence electrons. The summed E-state index contributed by atoms with van der Waals surface area (Å²) in [5.41, 5.74) is -0.838. The van der Waals surface area contributed by atoms with Gasteiger partial charge in [-0.3, -0.25) is 14.4 Å². The molecule has 24 heavy (non-hydrogen) atoms. The number of nitrogens with one attached hydrogen (secondary N) is 2. The van der Waals surface area contributed by atoms with Crippen LogP contribution in [-0.4, -0.2) is 56.4 Å². The Bertz CT molecular complexity index is 728. The number of carbonyl (C=O) groups is 3. The Labute approximate surface area is 143 Å². The molecule has 0 radical (unpaired) electrons. The van der Waals surface area contributed by atoms with Crippen molar-refractivity contribution in [3.05, 3.63) is 22.4 Å². The smallest absolute Gasteiger partial charge is 0.325 e. The predicted molar refractivity (Wildman–Crippen MR) is 87.4 cm³/mol. The molecule has 2 heterocycles. The summed E-state index contributed by atoms with van der Waals surface area (Å²) in [6.45, 7) is 0.761. The zero-order valence-electron chi connectivity index (χ0n) is 13.0. The number of amides is 2. The van der Waals surface area contributed by atoms with E-state index in [4.69, 9.17) is 4.74 Å². The monoisotopic (exact) mass is 374 g/mol. The van der Waals surface area contributed by atoms with E-state index in [9.17, 15) is 22.8 Å². The molecule has 1 atom stereocenters. The average molecular weight is 374 g/mol. The number of hydrogen-bond acceptors (Lipinski definition) is 7. The van der Waals surface area contributed by atoms with Gasteiger partial charge in [-0.1, -0.05) is 6.07 Å². The third-order valence-electron chi connectivity index (χ3n) is 3.45. The highest BCUT2D eigenvalue weighted by Gasteiger charge is 2.39. The lowest BCUT2D eigenvalue weighted by Gasteiger charge is -2.23. The van der Waals surface area contributed by atoms with Crippen molar-refractivity contribution in [2.24, 2.45) is 0 Å². The maximum atomic E-state index is 11.8. The molecule has 2 rings (SSSR count). The van der Waals surface area contributed by atoms with Gasteiger partial charge in [0, 0.05) is 0 Å². The Morgan fingerprint density at radius 1 is 1.38 bits per heavy atom. The lowest BCUT2D eigenvalue weighted by molar-refractivity contribution is -0.147. The van der Waals surface area contributed by atoms with Crippen LogP contribution in [0.15, 0.2) is 17.5 Å². The Morgan fingerprint density at radius 3 is 2.71 bits per heavy atom. The summed E-state index contributed by atoms with van der Waals surface area (Å²) in [4.78, 5) is 35.4. The zero-order chi connectivity index (χ0) is 17.8. The van der Waals surface area contributed by atoms with E-state index in [-0.39, 0.29) is 18.1 Å². The predicted octanol–water partition coefficient (Wildman–Crippen LogP) is -0.285. The number of carbonyl (C=O) groups excluding carboxylic acids is 3. The van der Waals surface area contributed by atoms with E-state index in [0.29, 0.717) is 11.3 Å². The first kappa shape index (κ1) is 18.4. The quantitative estimate of drug-likeness (QED) is 0.661. The van der Waals surface area contributed by atoms with Crippen LogP contribution in [0.3, 0.4) is 0 Å². The van der Waals surface area contributed by atoms with Crippen LogP contribution in [0, 0.1) is 0 Å². The lowest BCUT2D eigenvalue weighted by atomic mass is 10.0. The van der Waals surface area contributed by atoms with Gasteiger partial charge in [-0.15, -0.1) is 11.3 Å². The molecule has 0 spiro atoms. The van der Waals surface area contributed by atoms with Gasteiger partial charge in [0.05, 0.1) is 21.9 Å². The number of ether oxygens (including phenoxy) is 1. The van der Waals surface area contributed by atoms with Crippen LogP contribution < -0.4 is 10.6 Å². The molecule has 0 unspecified atom stereocenters. The summed E-state index contributed by atoms with van der Waals surface area (Å²) in [6, 6.07) is 3.33. The van der Waals surface area contributed by atoms with Crippen LogP contribution in [0.2, 0.25) is 0 Å². The third kappa shape index (κ3) is 5.31. The lowest BCUT2D eigenvalue weighted by Crippen LogP contribution is -2.48. The standard InChI is InChI=1S/C14H18N2O6S2/c1-14(4-6-24(20,21)9-14)16-11(17)8-22-12(18)7-15-13(19)10-3-2-5-23-10/h2-3,5H,4,6-9H2,1H3,(H,15,19)(H,16,17)/t14-/m0/s1. The van der Waals surface area contributed by atoms with Gasteiger partial charge in [0.25, 0.3) is 11.8 Å². The summed E-state index contributed by atoms with van der Waals surface area (Å²) in [5, 5.41) is 6.70. The number of hydrogen-bond donors (Lipinski definition) is 2. The molecule has 2 N–H and O–H groups in total. The molecule has 10 heteroatoms. The second-order valence-electron chi connectivity index (χ2n) is 5.77. The van der Waals surface area contributed by atoms with Crippen LogP contribution in [0.25, 0.3) is 0 Å². The van der Waals surface area contributed by atoms with E-state index < -0.39 is 39.8 Å². The minimum absolute atomic E-state index is 0.0261. The normalized spacial score (nSPS) is 21.9. The van der Waals surface area contributed by atoms with Crippen molar-refractivity contribution >= 4 is 39.0 Å². The molecule has 2 amide bonds. The fourth-order valence-electron chi connectivity index (χ4n) is 2.33. The van der Waals surface area contributed by atoms with Gasteiger partial charge < -0.3 is 15.4 Å². The summed E-state index contributed by atoms with van der Waals surface area (Å²) >= 11 is 1.24. The maximum Gasteiger partial charge on any atom is 0.325 e. The van der Waals surface area contributed by atoms with Gasteiger partial charge in [-0.05, 0) is 24.8 Å². The molecule has 1 saturated heterocycles. The van der Waals surface area contributed by atoms with Crippen molar-refractivity contribution in [2.75, 3.05) is 24.7 Å². The molecule has 1 aliphatic heterocycles. The van der Waals surface area contributed by atoms with Gasteiger partial charge in [-0.25, -0.2) is 8.42 Å². The van der Waals surface area contributed by atoms with Crippen LogP contribution in [0.5, 0.6) is 0 Å². The van der Waals surface area contributed by atoms with E-state index in [1.54, 1.807) is 24.4 Å². The average Bonchev–Trinajstić information content (AvgIpc) is 3.10. The summed E-state index contributed by atoms with van der Waals surface area (Å²) in [6.07, 6.45) is 0.325. The van der Waals surface area contributed by atoms with Crippen LogP contribution in [0.1, 0.15) is 23.0 Å². The van der Waals surface area contributed by atoms with Crippen LogP contribution >= 0.6 is 11.3 Å². The Balaban J connectivity index is 1.70. The largest absolute Gasteiger partial charge is 0.454 e. The van der Waals surface area contributed by atoms with Crippen molar-refractivity contribution in [1.29, 1.82) is 0 Å². The second kappa shape index (κ2) is 7.31. The first-order valence-corrected chi connectivity index (χ1v) is 9.88. The number of rotatable bonds is 6. The fourth-order valence-corrected chi connectivity index (χ4v) is 5.06. The van der Waals surface area contributed by atoms with Crippen LogP contribution in [-0.2, 0) is 24.2 Å². The topological polar surface area (TPSA) is 119 Å².